The third-order valence-corrected chi connectivity index (χ3v) is 5.51. The molecular formula is C20H29N5OS. The van der Waals surface area contributed by atoms with E-state index >= 15 is 0 Å². The Kier molecular flexibility index (Phi) is 7.04. The number of pyridine rings is 1. The van der Waals surface area contributed by atoms with Gasteiger partial charge in [-0.25, -0.2) is 9.97 Å². The minimum Gasteiger partial charge on any atom is -0.474 e. The summed E-state index contributed by atoms with van der Waals surface area (Å²) in [6.07, 6.45) is 7.01. The van der Waals surface area contributed by atoms with Crippen molar-refractivity contribution in [2.45, 2.75) is 64.6 Å². The molecule has 0 atom stereocenters. The molecule has 1 fully saturated rings. The molecule has 7 heteroatoms. The van der Waals surface area contributed by atoms with E-state index in [1.54, 1.807) is 18.4 Å². The number of aromatic nitrogens is 2. The van der Waals surface area contributed by atoms with Crippen molar-refractivity contribution in [3.63, 3.8) is 0 Å². The highest BCUT2D eigenvalue weighted by molar-refractivity contribution is 7.09. The number of aliphatic imine (C=N–C) groups is 1. The molecular weight excluding hydrogens is 358 g/mol. The van der Waals surface area contributed by atoms with Crippen LogP contribution in [-0.4, -0.2) is 29.1 Å². The van der Waals surface area contributed by atoms with Crippen LogP contribution in [0.3, 0.4) is 0 Å². The van der Waals surface area contributed by atoms with Crippen molar-refractivity contribution in [1.82, 2.24) is 20.6 Å². The maximum atomic E-state index is 5.91. The summed E-state index contributed by atoms with van der Waals surface area (Å²) in [6.45, 7) is 5.64. The second-order valence-electron chi connectivity index (χ2n) is 7.13. The van der Waals surface area contributed by atoms with Crippen molar-refractivity contribution >= 4 is 17.3 Å². The van der Waals surface area contributed by atoms with Gasteiger partial charge in [0.05, 0.1) is 12.2 Å². The molecule has 1 saturated carbocycles. The summed E-state index contributed by atoms with van der Waals surface area (Å²) in [7, 11) is 1.77. The summed E-state index contributed by atoms with van der Waals surface area (Å²) in [5.74, 6) is 1.93. The Morgan fingerprint density at radius 2 is 2.04 bits per heavy atom. The van der Waals surface area contributed by atoms with Crippen molar-refractivity contribution < 1.29 is 4.74 Å². The van der Waals surface area contributed by atoms with E-state index in [-0.39, 0.29) is 0 Å². The number of thiazole rings is 1. The molecule has 2 heterocycles. The molecule has 1 aliphatic rings. The van der Waals surface area contributed by atoms with Crippen LogP contribution in [0.25, 0.3) is 0 Å². The summed E-state index contributed by atoms with van der Waals surface area (Å²) in [6, 6.07) is 4.00. The summed E-state index contributed by atoms with van der Waals surface area (Å²) >= 11 is 1.68. The third-order valence-electron chi connectivity index (χ3n) is 4.64. The zero-order valence-electron chi connectivity index (χ0n) is 16.4. The lowest BCUT2D eigenvalue weighted by Gasteiger charge is -2.13. The zero-order valence-corrected chi connectivity index (χ0v) is 17.2. The number of rotatable bonds is 7. The van der Waals surface area contributed by atoms with Crippen molar-refractivity contribution in [3.05, 3.63) is 40.0 Å². The molecule has 2 aromatic heterocycles. The molecule has 0 unspecified atom stereocenters. The van der Waals surface area contributed by atoms with E-state index in [0.717, 1.165) is 40.9 Å². The van der Waals surface area contributed by atoms with Gasteiger partial charge in [0.2, 0.25) is 5.88 Å². The number of nitrogens with zero attached hydrogens (tertiary/aromatic N) is 3. The average molecular weight is 388 g/mol. The van der Waals surface area contributed by atoms with Crippen LogP contribution in [0.1, 0.15) is 61.7 Å². The molecule has 0 saturated heterocycles. The standard InChI is InChI=1S/C20H29N5OS/c1-14(2)17-13-27-19(25-17)12-24-20(21-3)23-11-15-8-9-18(22-10-15)26-16-6-4-5-7-16/h8-10,13-14,16H,4-7,11-12H2,1-3H3,(H2,21,23,24). The van der Waals surface area contributed by atoms with E-state index in [9.17, 15) is 0 Å². The molecule has 6 nitrogen and oxygen atoms in total. The van der Waals surface area contributed by atoms with Crippen LogP contribution in [0.15, 0.2) is 28.7 Å². The summed E-state index contributed by atoms with van der Waals surface area (Å²) < 4.78 is 5.91. The fourth-order valence-corrected chi connectivity index (χ4v) is 3.89. The lowest BCUT2D eigenvalue weighted by molar-refractivity contribution is 0.201. The van der Waals surface area contributed by atoms with Gasteiger partial charge in [0.15, 0.2) is 5.96 Å². The maximum absolute atomic E-state index is 5.91. The molecule has 0 amide bonds. The Morgan fingerprint density at radius 1 is 1.26 bits per heavy atom. The van der Waals surface area contributed by atoms with Gasteiger partial charge in [0.1, 0.15) is 11.1 Å². The van der Waals surface area contributed by atoms with Gasteiger partial charge in [-0.05, 0) is 37.2 Å². The molecule has 0 spiro atoms. The van der Waals surface area contributed by atoms with Crippen LogP contribution in [-0.2, 0) is 13.1 Å². The van der Waals surface area contributed by atoms with Crippen LogP contribution >= 0.6 is 11.3 Å². The lowest BCUT2D eigenvalue weighted by Crippen LogP contribution is -2.36. The topological polar surface area (TPSA) is 71.4 Å². The fraction of sp³-hybridized carbons (Fsp3) is 0.550. The highest BCUT2D eigenvalue weighted by atomic mass is 32.1. The normalized spacial score (nSPS) is 15.3. The van der Waals surface area contributed by atoms with Crippen LogP contribution in [0.4, 0.5) is 0 Å². The smallest absolute Gasteiger partial charge is 0.213 e. The number of nitrogens with one attached hydrogen (secondary N) is 2. The van der Waals surface area contributed by atoms with Gasteiger partial charge in [-0.1, -0.05) is 19.9 Å². The zero-order chi connectivity index (χ0) is 19.1. The first-order chi connectivity index (χ1) is 13.1. The van der Waals surface area contributed by atoms with E-state index in [1.807, 2.05) is 18.3 Å². The first-order valence-electron chi connectivity index (χ1n) is 9.64. The highest BCUT2D eigenvalue weighted by Gasteiger charge is 2.16. The first kappa shape index (κ1) is 19.6. The summed E-state index contributed by atoms with van der Waals surface area (Å²) in [5, 5.41) is 9.81. The van der Waals surface area contributed by atoms with Gasteiger partial charge in [-0.15, -0.1) is 11.3 Å². The van der Waals surface area contributed by atoms with Gasteiger partial charge in [-0.3, -0.25) is 4.99 Å². The van der Waals surface area contributed by atoms with E-state index in [1.165, 1.54) is 12.8 Å². The Bertz CT molecular complexity index is 735. The number of ether oxygens (including phenoxy) is 1. The lowest BCUT2D eigenvalue weighted by atomic mass is 10.2. The van der Waals surface area contributed by atoms with Gasteiger partial charge >= 0.3 is 0 Å². The second-order valence-corrected chi connectivity index (χ2v) is 8.07. The average Bonchev–Trinajstić information content (AvgIpc) is 3.35. The minimum atomic E-state index is 0.339. The number of guanidine groups is 1. The van der Waals surface area contributed by atoms with Crippen molar-refractivity contribution in [1.29, 1.82) is 0 Å². The Hall–Kier alpha value is -2.15. The molecule has 0 radical (unpaired) electrons. The fourth-order valence-electron chi connectivity index (χ4n) is 3.00. The van der Waals surface area contributed by atoms with E-state index < -0.39 is 0 Å². The second kappa shape index (κ2) is 9.69. The Morgan fingerprint density at radius 3 is 2.67 bits per heavy atom. The third kappa shape index (κ3) is 5.92. The molecule has 1 aliphatic carbocycles. The van der Waals surface area contributed by atoms with Crippen LogP contribution in [0.5, 0.6) is 5.88 Å². The largest absolute Gasteiger partial charge is 0.474 e. The monoisotopic (exact) mass is 387 g/mol. The summed E-state index contributed by atoms with van der Waals surface area (Å²) in [5.41, 5.74) is 2.23. The quantitative estimate of drug-likeness (QED) is 0.558. The van der Waals surface area contributed by atoms with Crippen molar-refractivity contribution in [3.8, 4) is 5.88 Å². The highest BCUT2D eigenvalue weighted by Crippen LogP contribution is 2.22. The molecule has 3 rings (SSSR count). The van der Waals surface area contributed by atoms with E-state index in [4.69, 9.17) is 4.74 Å². The van der Waals surface area contributed by atoms with E-state index in [0.29, 0.717) is 25.1 Å². The van der Waals surface area contributed by atoms with Crippen LogP contribution < -0.4 is 15.4 Å². The minimum absolute atomic E-state index is 0.339. The first-order valence-corrected chi connectivity index (χ1v) is 10.5. The SMILES string of the molecule is CN=C(NCc1ccc(OC2CCCC2)nc1)NCc1nc(C(C)C)cs1. The van der Waals surface area contributed by atoms with Crippen LogP contribution in [0, 0.1) is 0 Å². The Labute approximate surface area is 165 Å². The molecule has 146 valence electrons. The Balaban J connectivity index is 1.44. The van der Waals surface area contributed by atoms with Gasteiger partial charge in [0.25, 0.3) is 0 Å². The van der Waals surface area contributed by atoms with Gasteiger partial charge in [-0.2, -0.15) is 0 Å². The van der Waals surface area contributed by atoms with Gasteiger partial charge < -0.3 is 15.4 Å². The maximum Gasteiger partial charge on any atom is 0.213 e. The molecule has 0 aromatic carbocycles. The molecule has 0 aliphatic heterocycles. The predicted molar refractivity (Wildman–Crippen MR) is 110 cm³/mol. The van der Waals surface area contributed by atoms with Crippen LogP contribution in [0.2, 0.25) is 0 Å². The van der Waals surface area contributed by atoms with Crippen molar-refractivity contribution in [2.75, 3.05) is 7.05 Å². The van der Waals surface area contributed by atoms with Crippen molar-refractivity contribution in [2.24, 2.45) is 4.99 Å². The molecule has 0 bridgehead atoms. The van der Waals surface area contributed by atoms with Gasteiger partial charge in [0, 0.05) is 31.2 Å². The molecule has 27 heavy (non-hydrogen) atoms. The van der Waals surface area contributed by atoms with E-state index in [2.05, 4.69) is 44.8 Å². The number of hydrogen-bond acceptors (Lipinski definition) is 5. The number of hydrogen-bond donors (Lipinski definition) is 2. The molecule has 2 N–H and O–H groups in total. The predicted octanol–water partition coefficient (Wildman–Crippen LogP) is 3.85. The summed E-state index contributed by atoms with van der Waals surface area (Å²) in [4.78, 5) is 13.3. The molecule has 2 aromatic rings.